The van der Waals surface area contributed by atoms with Crippen molar-refractivity contribution in [2.45, 2.75) is 97.9 Å². The Morgan fingerprint density at radius 1 is 1.29 bits per heavy atom. The molecule has 2 saturated carbocycles. The first-order valence-electron chi connectivity index (χ1n) is 13.0. The zero-order valence-electron chi connectivity index (χ0n) is 21.3. The molecule has 4 atom stereocenters. The lowest BCUT2D eigenvalue weighted by molar-refractivity contribution is 0.158. The highest BCUT2D eigenvalue weighted by molar-refractivity contribution is 5.38. The molecule has 0 radical (unpaired) electrons. The van der Waals surface area contributed by atoms with E-state index in [0.717, 1.165) is 62.5 Å². The van der Waals surface area contributed by atoms with Crippen LogP contribution in [0, 0.1) is 23.2 Å². The van der Waals surface area contributed by atoms with Gasteiger partial charge in [0.1, 0.15) is 0 Å². The van der Waals surface area contributed by atoms with E-state index in [9.17, 15) is 5.11 Å². The van der Waals surface area contributed by atoms with Gasteiger partial charge in [-0.15, -0.1) is 0 Å². The van der Waals surface area contributed by atoms with Crippen molar-refractivity contribution in [2.24, 2.45) is 23.2 Å². The van der Waals surface area contributed by atoms with E-state index in [0.29, 0.717) is 18.3 Å². The van der Waals surface area contributed by atoms with Gasteiger partial charge in [0, 0.05) is 4.11 Å². The summed E-state index contributed by atoms with van der Waals surface area (Å²) in [6.07, 6.45) is 15.6. The largest absolute Gasteiger partial charge is 0.393 e. The summed E-state index contributed by atoms with van der Waals surface area (Å²) in [4.78, 5) is 0. The summed E-state index contributed by atoms with van der Waals surface area (Å²) in [5.41, 5.74) is 4.03. The number of hydrogen-bond donors (Lipinski definition) is 1. The number of hydrogen-bond acceptors (Lipinski definition) is 1. The van der Waals surface area contributed by atoms with Gasteiger partial charge in [-0.2, -0.15) is 0 Å². The molecule has 156 valence electrons. The SMILES string of the molecule is [2H]C([2H])([2H])[C@]12CCC/C(=C\C=C3\C[C@@H](O)CCC3=C)[C@@H]1CC=C2[C@H](C)CCCC(C)C. The van der Waals surface area contributed by atoms with Crippen molar-refractivity contribution in [3.8, 4) is 0 Å². The first-order chi connectivity index (χ1) is 14.6. The minimum absolute atomic E-state index is 0.0786. The minimum Gasteiger partial charge on any atom is -0.393 e. The van der Waals surface area contributed by atoms with Crippen LogP contribution in [0.4, 0.5) is 0 Å². The van der Waals surface area contributed by atoms with Crippen molar-refractivity contribution in [3.63, 3.8) is 0 Å². The van der Waals surface area contributed by atoms with Crippen LogP contribution >= 0.6 is 0 Å². The van der Waals surface area contributed by atoms with Crippen molar-refractivity contribution in [1.29, 1.82) is 0 Å². The quantitative estimate of drug-likeness (QED) is 0.468. The van der Waals surface area contributed by atoms with Gasteiger partial charge < -0.3 is 5.11 Å². The lowest BCUT2D eigenvalue weighted by Crippen LogP contribution is -2.32. The summed E-state index contributed by atoms with van der Waals surface area (Å²) in [5.74, 6) is 1.10. The highest BCUT2D eigenvalue weighted by atomic mass is 16.3. The van der Waals surface area contributed by atoms with Crippen molar-refractivity contribution < 1.29 is 9.22 Å². The van der Waals surface area contributed by atoms with E-state index in [4.69, 9.17) is 4.11 Å². The van der Waals surface area contributed by atoms with Gasteiger partial charge in [0.15, 0.2) is 0 Å². The van der Waals surface area contributed by atoms with Crippen molar-refractivity contribution >= 4 is 0 Å². The Hall–Kier alpha value is -1.08. The molecule has 3 aliphatic rings. The summed E-state index contributed by atoms with van der Waals surface area (Å²) >= 11 is 0. The Kier molecular flexibility index (Phi) is 5.81. The average molecular weight is 386 g/mol. The lowest BCUT2D eigenvalue weighted by atomic mass is 9.62. The molecule has 0 aromatic carbocycles. The molecule has 0 aromatic heterocycles. The number of aliphatic hydroxyl groups is 1. The Morgan fingerprint density at radius 2 is 2.11 bits per heavy atom. The molecule has 0 heterocycles. The summed E-state index contributed by atoms with van der Waals surface area (Å²) in [6, 6.07) is 0. The van der Waals surface area contributed by atoms with E-state index in [1.54, 1.807) is 0 Å². The van der Waals surface area contributed by atoms with E-state index >= 15 is 0 Å². The summed E-state index contributed by atoms with van der Waals surface area (Å²) in [7, 11) is 0. The molecular weight excluding hydrogens is 340 g/mol. The Bertz CT molecular complexity index is 755. The second kappa shape index (κ2) is 9.16. The van der Waals surface area contributed by atoms with Gasteiger partial charge in [0.25, 0.3) is 0 Å². The van der Waals surface area contributed by atoms with Crippen LogP contribution < -0.4 is 0 Å². The maximum atomic E-state index is 10.0. The summed E-state index contributed by atoms with van der Waals surface area (Å²) < 4.78 is 25.8. The van der Waals surface area contributed by atoms with Crippen molar-refractivity contribution in [1.82, 2.24) is 0 Å². The van der Waals surface area contributed by atoms with Gasteiger partial charge >= 0.3 is 0 Å². The van der Waals surface area contributed by atoms with Gasteiger partial charge in [-0.05, 0) is 80.1 Å². The Balaban J connectivity index is 1.86. The Morgan fingerprint density at radius 3 is 2.86 bits per heavy atom. The summed E-state index contributed by atoms with van der Waals surface area (Å²) in [6.45, 7) is 8.96. The fourth-order valence-electron chi connectivity index (χ4n) is 5.58. The van der Waals surface area contributed by atoms with Gasteiger partial charge in [0.05, 0.1) is 6.10 Å². The monoisotopic (exact) mass is 385 g/mol. The number of aliphatic hydroxyl groups excluding tert-OH is 1. The first-order valence-corrected chi connectivity index (χ1v) is 11.5. The number of allylic oxidation sites excluding steroid dienone is 6. The fraction of sp³-hybridized carbons (Fsp3) is 0.704. The molecule has 0 spiro atoms. The van der Waals surface area contributed by atoms with Crippen LogP contribution in [0.2, 0.25) is 0 Å². The van der Waals surface area contributed by atoms with Gasteiger partial charge in [-0.25, -0.2) is 0 Å². The molecular formula is C27H42O. The molecule has 0 saturated heterocycles. The Labute approximate surface area is 177 Å². The molecule has 3 rings (SSSR count). The first kappa shape index (κ1) is 17.8. The zero-order chi connectivity index (χ0) is 22.8. The molecule has 3 aliphatic carbocycles. The summed E-state index contributed by atoms with van der Waals surface area (Å²) in [5, 5.41) is 10.0. The standard InChI is InChI=1S/C27H42O/c1-19(2)8-6-9-21(4)25-15-16-26-22(10-7-17-27(25,26)5)12-13-23-18-24(28)14-11-20(23)3/h12-13,15,19,21,24,26,28H,3,6-11,14,16-18H2,1-2,4-5H3/b22-12+,23-13-/t21-,24+,26+,27-/m1/s1/i5D3. The molecule has 0 aromatic rings. The third kappa shape index (κ3) is 4.73. The van der Waals surface area contributed by atoms with Crippen LogP contribution in [0.1, 0.15) is 95.9 Å². The molecule has 1 nitrogen and oxygen atoms in total. The fourth-order valence-corrected chi connectivity index (χ4v) is 5.58. The van der Waals surface area contributed by atoms with E-state index in [1.807, 2.05) is 0 Å². The predicted molar refractivity (Wildman–Crippen MR) is 121 cm³/mol. The second-order valence-corrected chi connectivity index (χ2v) is 9.93. The average Bonchev–Trinajstić information content (AvgIpc) is 3.10. The van der Waals surface area contributed by atoms with E-state index < -0.39 is 12.3 Å². The van der Waals surface area contributed by atoms with Crippen molar-refractivity contribution in [3.05, 3.63) is 47.1 Å². The van der Waals surface area contributed by atoms with Crippen LogP contribution in [-0.4, -0.2) is 11.2 Å². The molecule has 2 fully saturated rings. The van der Waals surface area contributed by atoms with Crippen molar-refractivity contribution in [2.75, 3.05) is 0 Å². The van der Waals surface area contributed by atoms with Crippen LogP contribution in [0.15, 0.2) is 47.1 Å². The van der Waals surface area contributed by atoms with Crippen LogP contribution in [0.5, 0.6) is 0 Å². The molecule has 0 aliphatic heterocycles. The van der Waals surface area contributed by atoms with E-state index in [1.165, 1.54) is 17.6 Å². The van der Waals surface area contributed by atoms with Crippen LogP contribution in [-0.2, 0) is 0 Å². The molecule has 0 unspecified atom stereocenters. The molecule has 0 amide bonds. The molecule has 1 heteroatoms. The van der Waals surface area contributed by atoms with Gasteiger partial charge in [0.2, 0.25) is 0 Å². The maximum absolute atomic E-state index is 10.0. The molecule has 0 bridgehead atoms. The smallest absolute Gasteiger partial charge is 0.0583 e. The van der Waals surface area contributed by atoms with Crippen LogP contribution in [0.25, 0.3) is 0 Å². The minimum atomic E-state index is -1.98. The third-order valence-electron chi connectivity index (χ3n) is 7.30. The second-order valence-electron chi connectivity index (χ2n) is 9.93. The normalized spacial score (nSPS) is 36.8. The highest BCUT2D eigenvalue weighted by Gasteiger charge is 2.45. The van der Waals surface area contributed by atoms with Gasteiger partial charge in [-0.1, -0.05) is 82.0 Å². The lowest BCUT2D eigenvalue weighted by Gasteiger charge is -2.42. The highest BCUT2D eigenvalue weighted by Crippen LogP contribution is 2.57. The van der Waals surface area contributed by atoms with Gasteiger partial charge in [-0.3, -0.25) is 0 Å². The third-order valence-corrected chi connectivity index (χ3v) is 7.30. The van der Waals surface area contributed by atoms with E-state index in [-0.39, 0.29) is 12.0 Å². The topological polar surface area (TPSA) is 20.2 Å². The predicted octanol–water partition coefficient (Wildman–Crippen LogP) is 7.54. The molecule has 1 N–H and O–H groups in total. The number of fused-ring (bicyclic) bond motifs is 1. The maximum Gasteiger partial charge on any atom is 0.0583 e. The number of rotatable bonds is 6. The van der Waals surface area contributed by atoms with Crippen LogP contribution in [0.3, 0.4) is 0 Å². The molecule has 28 heavy (non-hydrogen) atoms. The van der Waals surface area contributed by atoms with E-state index in [2.05, 4.69) is 45.6 Å². The zero-order valence-corrected chi connectivity index (χ0v) is 18.3.